The van der Waals surface area contributed by atoms with Crippen molar-refractivity contribution < 1.29 is 23.8 Å². The Morgan fingerprint density at radius 1 is 1.19 bits per heavy atom. The molecule has 2 aromatic carbocycles. The van der Waals surface area contributed by atoms with Gasteiger partial charge < -0.3 is 15.2 Å². The number of anilines is 1. The number of amides is 1. The molecule has 0 unspecified atom stereocenters. The molecule has 2 N–H and O–H groups in total. The largest absolute Gasteiger partial charge is 0.486 e. The maximum atomic E-state index is 14.5. The summed E-state index contributed by atoms with van der Waals surface area (Å²) in [7, 11) is 0. The fourth-order valence-electron chi connectivity index (χ4n) is 2.41. The Hall–Kier alpha value is -1.93. The monoisotopic (exact) mass is 487 g/mol. The van der Waals surface area contributed by atoms with Gasteiger partial charge in [-0.3, -0.25) is 9.59 Å². The number of carbonyl (C=O) groups excluding carboxylic acids is 1. The molecule has 0 heterocycles. The van der Waals surface area contributed by atoms with Crippen LogP contribution in [-0.2, 0) is 22.6 Å². The number of rotatable bonds is 6. The zero-order chi connectivity index (χ0) is 19.4. The van der Waals surface area contributed by atoms with Crippen molar-refractivity contribution in [2.75, 3.05) is 5.32 Å². The molecule has 26 heavy (non-hydrogen) atoms. The van der Waals surface area contributed by atoms with Crippen LogP contribution in [0.1, 0.15) is 23.6 Å². The van der Waals surface area contributed by atoms with Crippen molar-refractivity contribution in [1.82, 2.24) is 0 Å². The van der Waals surface area contributed by atoms with Gasteiger partial charge in [-0.15, -0.1) is 0 Å². The van der Waals surface area contributed by atoms with E-state index in [1.165, 1.54) is 6.92 Å². The van der Waals surface area contributed by atoms with Crippen molar-refractivity contribution >= 4 is 49.4 Å². The number of carbonyl (C=O) groups is 2. The van der Waals surface area contributed by atoms with Gasteiger partial charge in [-0.25, -0.2) is 4.39 Å². The number of ether oxygens (including phenoxy) is 1. The second kappa shape index (κ2) is 8.64. The van der Waals surface area contributed by atoms with E-state index >= 15 is 0 Å². The molecule has 1 amide bonds. The third-order valence-electron chi connectivity index (χ3n) is 3.39. The van der Waals surface area contributed by atoms with E-state index in [-0.39, 0.29) is 24.6 Å². The second-order valence-electron chi connectivity index (χ2n) is 5.71. The summed E-state index contributed by atoms with van der Waals surface area (Å²) in [6, 6.07) is 6.47. The number of halogens is 3. The Balaban J connectivity index is 2.25. The van der Waals surface area contributed by atoms with Crippen molar-refractivity contribution in [3.63, 3.8) is 0 Å². The van der Waals surface area contributed by atoms with Crippen LogP contribution in [0.2, 0.25) is 0 Å². The molecule has 138 valence electrons. The minimum Gasteiger partial charge on any atom is -0.486 e. The predicted octanol–water partition coefficient (Wildman–Crippen LogP) is 4.82. The number of hydrogen-bond acceptors (Lipinski definition) is 3. The number of aryl methyl sites for hydroxylation is 1. The van der Waals surface area contributed by atoms with Gasteiger partial charge in [0.05, 0.1) is 21.1 Å². The maximum absolute atomic E-state index is 14.5. The molecule has 0 radical (unpaired) electrons. The van der Waals surface area contributed by atoms with Gasteiger partial charge in [0, 0.05) is 12.5 Å². The summed E-state index contributed by atoms with van der Waals surface area (Å²) in [5, 5.41) is 11.3. The molecule has 0 aliphatic rings. The molecule has 0 saturated carbocycles. The molecule has 0 bridgehead atoms. The highest BCUT2D eigenvalue weighted by atomic mass is 79.9. The van der Waals surface area contributed by atoms with Crippen LogP contribution in [0.4, 0.5) is 10.1 Å². The maximum Gasteiger partial charge on any atom is 0.307 e. The van der Waals surface area contributed by atoms with Crippen molar-refractivity contribution in [3.05, 3.63) is 55.7 Å². The summed E-state index contributed by atoms with van der Waals surface area (Å²) in [4.78, 5) is 22.0. The van der Waals surface area contributed by atoms with Crippen LogP contribution in [0.15, 0.2) is 33.2 Å². The van der Waals surface area contributed by atoms with E-state index in [2.05, 4.69) is 37.2 Å². The second-order valence-corrected chi connectivity index (χ2v) is 7.42. The lowest BCUT2D eigenvalue weighted by molar-refractivity contribution is -0.136. The van der Waals surface area contributed by atoms with Gasteiger partial charge in [0.1, 0.15) is 12.4 Å². The average molecular weight is 489 g/mol. The third-order valence-corrected chi connectivity index (χ3v) is 4.57. The van der Waals surface area contributed by atoms with Gasteiger partial charge in [0.2, 0.25) is 5.91 Å². The van der Waals surface area contributed by atoms with Gasteiger partial charge in [-0.05, 0) is 74.2 Å². The summed E-state index contributed by atoms with van der Waals surface area (Å²) < 4.78 is 21.4. The Kier molecular flexibility index (Phi) is 6.77. The summed E-state index contributed by atoms with van der Waals surface area (Å²) in [6.07, 6.45) is -0.121. The van der Waals surface area contributed by atoms with Gasteiger partial charge in [-0.1, -0.05) is 0 Å². The molecule has 8 heteroatoms. The van der Waals surface area contributed by atoms with E-state index < -0.39 is 11.8 Å². The van der Waals surface area contributed by atoms with Crippen LogP contribution in [0.3, 0.4) is 0 Å². The molecule has 0 aliphatic carbocycles. The Morgan fingerprint density at radius 2 is 1.81 bits per heavy atom. The molecule has 2 rings (SSSR count). The lowest BCUT2D eigenvalue weighted by Gasteiger charge is -2.14. The van der Waals surface area contributed by atoms with Crippen LogP contribution in [0.25, 0.3) is 0 Å². The number of hydrogen-bond donors (Lipinski definition) is 2. The average Bonchev–Trinajstić information content (AvgIpc) is 2.49. The Bertz CT molecular complexity index is 848. The third kappa shape index (κ3) is 5.28. The Morgan fingerprint density at radius 3 is 2.35 bits per heavy atom. The van der Waals surface area contributed by atoms with Crippen LogP contribution >= 0.6 is 31.9 Å². The van der Waals surface area contributed by atoms with Crippen molar-refractivity contribution in [2.24, 2.45) is 0 Å². The normalized spacial score (nSPS) is 10.5. The first-order chi connectivity index (χ1) is 12.2. The lowest BCUT2D eigenvalue weighted by Crippen LogP contribution is -2.10. The zero-order valence-corrected chi connectivity index (χ0v) is 17.2. The number of aliphatic carboxylic acids is 1. The topological polar surface area (TPSA) is 75.6 Å². The number of benzene rings is 2. The summed E-state index contributed by atoms with van der Waals surface area (Å²) in [5.41, 5.74) is 1.77. The van der Waals surface area contributed by atoms with Crippen molar-refractivity contribution in [1.29, 1.82) is 0 Å². The number of carboxylic acids is 1. The summed E-state index contributed by atoms with van der Waals surface area (Å²) in [6.45, 7) is 3.04. The van der Waals surface area contributed by atoms with Gasteiger partial charge in [0.25, 0.3) is 0 Å². The molecule has 0 atom stereocenters. The minimum atomic E-state index is -0.940. The van der Waals surface area contributed by atoms with Crippen LogP contribution in [-0.4, -0.2) is 17.0 Å². The fraction of sp³-hybridized carbons (Fsp3) is 0.222. The highest BCUT2D eigenvalue weighted by Crippen LogP contribution is 2.36. The minimum absolute atomic E-state index is 0.0599. The first kappa shape index (κ1) is 20.4. The zero-order valence-electron chi connectivity index (χ0n) is 14.0. The first-order valence-corrected chi connectivity index (χ1v) is 9.15. The standard InChI is InChI=1S/C18H16Br2FNO4/c1-9-3-12(17(21)15(4-9)22-10(2)23)8-26-18-13(19)5-11(6-14(18)20)7-16(24)25/h3-6H,7-8H2,1-2H3,(H,22,23)(H,24,25). The first-order valence-electron chi connectivity index (χ1n) is 7.56. The number of carboxylic acid groups (broad SMARTS) is 1. The molecule has 0 fully saturated rings. The quantitative estimate of drug-likeness (QED) is 0.611. The van der Waals surface area contributed by atoms with Gasteiger partial charge in [0.15, 0.2) is 5.82 Å². The molecule has 0 saturated heterocycles. The molecular weight excluding hydrogens is 473 g/mol. The lowest BCUT2D eigenvalue weighted by atomic mass is 10.1. The summed E-state index contributed by atoms with van der Waals surface area (Å²) in [5.74, 6) is -1.42. The fourth-order valence-corrected chi connectivity index (χ4v) is 3.92. The van der Waals surface area contributed by atoms with E-state index in [0.717, 1.165) is 5.56 Å². The summed E-state index contributed by atoms with van der Waals surface area (Å²) >= 11 is 6.69. The molecule has 5 nitrogen and oxygen atoms in total. The molecule has 0 aromatic heterocycles. The van der Waals surface area contributed by atoms with Crippen molar-refractivity contribution in [3.8, 4) is 5.75 Å². The molecule has 2 aromatic rings. The Labute approximate surface area is 166 Å². The van der Waals surface area contributed by atoms with E-state index in [4.69, 9.17) is 9.84 Å². The van der Waals surface area contributed by atoms with Gasteiger partial charge in [-0.2, -0.15) is 0 Å². The number of nitrogens with one attached hydrogen (secondary N) is 1. The predicted molar refractivity (Wildman–Crippen MR) is 103 cm³/mol. The van der Waals surface area contributed by atoms with E-state index in [1.807, 2.05) is 0 Å². The van der Waals surface area contributed by atoms with Crippen LogP contribution in [0.5, 0.6) is 5.75 Å². The smallest absolute Gasteiger partial charge is 0.307 e. The van der Waals surface area contributed by atoms with E-state index in [1.54, 1.807) is 31.2 Å². The highest BCUT2D eigenvalue weighted by Gasteiger charge is 2.15. The van der Waals surface area contributed by atoms with Gasteiger partial charge >= 0.3 is 5.97 Å². The van der Waals surface area contributed by atoms with Crippen LogP contribution in [0, 0.1) is 12.7 Å². The molecule has 0 spiro atoms. The van der Waals surface area contributed by atoms with Crippen molar-refractivity contribution in [2.45, 2.75) is 26.9 Å². The van der Waals surface area contributed by atoms with E-state index in [0.29, 0.717) is 25.8 Å². The van der Waals surface area contributed by atoms with Crippen LogP contribution < -0.4 is 10.1 Å². The van der Waals surface area contributed by atoms with E-state index in [9.17, 15) is 14.0 Å². The molecule has 0 aliphatic heterocycles. The SMILES string of the molecule is CC(=O)Nc1cc(C)cc(COc2c(Br)cc(CC(=O)O)cc2Br)c1F. The highest BCUT2D eigenvalue weighted by molar-refractivity contribution is 9.11. The molecular formula is C18H16Br2FNO4.